The molecule has 23 heavy (non-hydrogen) atoms. The van der Waals surface area contributed by atoms with Crippen molar-refractivity contribution >= 4 is 17.3 Å². The van der Waals surface area contributed by atoms with Gasteiger partial charge in [-0.3, -0.25) is 0 Å². The Morgan fingerprint density at radius 1 is 1.13 bits per heavy atom. The summed E-state index contributed by atoms with van der Waals surface area (Å²) in [6.45, 7) is 1.90. The van der Waals surface area contributed by atoms with Crippen molar-refractivity contribution in [2.45, 2.75) is 26.1 Å². The maximum Gasteiger partial charge on any atom is 0.417 e. The van der Waals surface area contributed by atoms with Gasteiger partial charge in [-0.1, -0.05) is 54.0 Å². The number of hydrogen-bond donors (Lipinski definition) is 0. The number of alkyl halides is 3. The van der Waals surface area contributed by atoms with Crippen LogP contribution in [-0.2, 0) is 17.6 Å². The van der Waals surface area contributed by atoms with E-state index in [-0.39, 0.29) is 29.3 Å². The van der Waals surface area contributed by atoms with Crippen LogP contribution in [0.15, 0.2) is 53.7 Å². The maximum atomic E-state index is 13.1. The van der Waals surface area contributed by atoms with Crippen LogP contribution in [0.2, 0.25) is 5.02 Å². The van der Waals surface area contributed by atoms with Gasteiger partial charge in [0, 0.05) is 10.6 Å². The van der Waals surface area contributed by atoms with Crippen LogP contribution in [0.1, 0.15) is 30.0 Å². The topological polar surface area (TPSA) is 21.6 Å². The summed E-state index contributed by atoms with van der Waals surface area (Å²) in [6.07, 6.45) is -4.19. The molecule has 122 valence electrons. The summed E-state index contributed by atoms with van der Waals surface area (Å²) in [5.74, 6) is 0. The molecule has 0 atom stereocenters. The Kier molecular flexibility index (Phi) is 5.66. The number of rotatable bonds is 5. The Bertz CT molecular complexity index is 684. The number of nitrogens with zero attached hydrogens (tertiary/aromatic N) is 1. The monoisotopic (exact) mass is 341 g/mol. The molecule has 0 aromatic heterocycles. The van der Waals surface area contributed by atoms with Crippen LogP contribution in [0.25, 0.3) is 0 Å². The lowest BCUT2D eigenvalue weighted by atomic mass is 10.0. The second kappa shape index (κ2) is 7.51. The first-order valence-electron chi connectivity index (χ1n) is 7.01. The second-order valence-electron chi connectivity index (χ2n) is 4.84. The van der Waals surface area contributed by atoms with E-state index in [0.29, 0.717) is 0 Å². The number of oxime groups is 1. The molecule has 2 rings (SSSR count). The fraction of sp³-hybridized carbons (Fsp3) is 0.235. The van der Waals surface area contributed by atoms with Gasteiger partial charge in [0.2, 0.25) is 0 Å². The zero-order chi connectivity index (χ0) is 16.9. The van der Waals surface area contributed by atoms with Gasteiger partial charge in [0.25, 0.3) is 0 Å². The molecule has 2 aromatic carbocycles. The molecule has 0 aliphatic heterocycles. The zero-order valence-electron chi connectivity index (χ0n) is 12.4. The molecule has 2 nitrogen and oxygen atoms in total. The molecular weight excluding hydrogens is 327 g/mol. The van der Waals surface area contributed by atoms with Gasteiger partial charge in [-0.15, -0.1) is 0 Å². The zero-order valence-corrected chi connectivity index (χ0v) is 13.2. The van der Waals surface area contributed by atoms with E-state index in [0.717, 1.165) is 11.6 Å². The van der Waals surface area contributed by atoms with Crippen molar-refractivity contribution in [1.82, 2.24) is 0 Å². The summed E-state index contributed by atoms with van der Waals surface area (Å²) in [4.78, 5) is 5.21. The second-order valence-corrected chi connectivity index (χ2v) is 5.27. The standard InChI is InChI=1S/C17H15ClF3NO/c1-2-16(22-23-11-12-6-4-3-5-7-12)14-10-13(18)8-9-15(14)17(19,20)21/h3-10H,2,11H2,1H3. The molecule has 0 bridgehead atoms. The van der Waals surface area contributed by atoms with Crippen molar-refractivity contribution in [2.75, 3.05) is 0 Å². The average Bonchev–Trinajstić information content (AvgIpc) is 2.51. The van der Waals surface area contributed by atoms with Gasteiger partial charge in [-0.2, -0.15) is 13.2 Å². The molecule has 0 heterocycles. The van der Waals surface area contributed by atoms with Crippen molar-refractivity contribution in [3.05, 3.63) is 70.2 Å². The van der Waals surface area contributed by atoms with Gasteiger partial charge < -0.3 is 4.84 Å². The summed E-state index contributed by atoms with van der Waals surface area (Å²) in [5.41, 5.74) is 0.260. The maximum absolute atomic E-state index is 13.1. The van der Waals surface area contributed by atoms with Gasteiger partial charge in [0.1, 0.15) is 6.61 Å². The fourth-order valence-electron chi connectivity index (χ4n) is 2.07. The largest absolute Gasteiger partial charge is 0.417 e. The molecule has 0 aliphatic rings. The number of benzene rings is 2. The van der Waals surface area contributed by atoms with E-state index in [1.54, 1.807) is 6.92 Å². The lowest BCUT2D eigenvalue weighted by molar-refractivity contribution is -0.137. The molecule has 6 heteroatoms. The van der Waals surface area contributed by atoms with E-state index < -0.39 is 11.7 Å². The molecule has 0 saturated heterocycles. The van der Waals surface area contributed by atoms with Crippen molar-refractivity contribution in [2.24, 2.45) is 5.16 Å². The Balaban J connectivity index is 2.26. The molecule has 0 N–H and O–H groups in total. The minimum absolute atomic E-state index is 0.0550. The molecule has 0 saturated carbocycles. The van der Waals surface area contributed by atoms with Crippen LogP contribution >= 0.6 is 11.6 Å². The van der Waals surface area contributed by atoms with Crippen LogP contribution in [-0.4, -0.2) is 5.71 Å². The summed E-state index contributed by atoms with van der Waals surface area (Å²) < 4.78 is 39.4. The highest BCUT2D eigenvalue weighted by molar-refractivity contribution is 6.31. The molecule has 0 radical (unpaired) electrons. The van der Waals surface area contributed by atoms with Crippen molar-refractivity contribution in [1.29, 1.82) is 0 Å². The molecule has 0 amide bonds. The van der Waals surface area contributed by atoms with Crippen LogP contribution in [0.4, 0.5) is 13.2 Å². The minimum atomic E-state index is -4.48. The minimum Gasteiger partial charge on any atom is -0.391 e. The third kappa shape index (κ3) is 4.73. The van der Waals surface area contributed by atoms with Gasteiger partial charge in [-0.05, 0) is 30.2 Å². The fourth-order valence-corrected chi connectivity index (χ4v) is 2.24. The SMILES string of the molecule is CCC(=NOCc1ccccc1)c1cc(Cl)ccc1C(F)(F)F. The first-order valence-corrected chi connectivity index (χ1v) is 7.39. The Morgan fingerprint density at radius 3 is 2.43 bits per heavy atom. The lowest BCUT2D eigenvalue weighted by Crippen LogP contribution is -2.13. The van der Waals surface area contributed by atoms with Crippen molar-refractivity contribution in [3.8, 4) is 0 Å². The smallest absolute Gasteiger partial charge is 0.391 e. The van der Waals surface area contributed by atoms with Gasteiger partial charge in [0.15, 0.2) is 0 Å². The van der Waals surface area contributed by atoms with E-state index in [1.807, 2.05) is 30.3 Å². The Labute approximate surface area is 137 Å². The summed E-state index contributed by atoms with van der Waals surface area (Å²) in [6, 6.07) is 12.7. The molecule has 0 unspecified atom stereocenters. The van der Waals surface area contributed by atoms with E-state index in [2.05, 4.69) is 5.16 Å². The highest BCUT2D eigenvalue weighted by Gasteiger charge is 2.34. The van der Waals surface area contributed by atoms with E-state index in [9.17, 15) is 13.2 Å². The van der Waals surface area contributed by atoms with Crippen LogP contribution in [0.5, 0.6) is 0 Å². The molecular formula is C17H15ClF3NO. The van der Waals surface area contributed by atoms with Crippen LogP contribution < -0.4 is 0 Å². The molecule has 0 fully saturated rings. The van der Waals surface area contributed by atoms with Gasteiger partial charge in [0.05, 0.1) is 11.3 Å². The highest BCUT2D eigenvalue weighted by Crippen LogP contribution is 2.34. The predicted octanol–water partition coefficient (Wildman–Crippen LogP) is 5.69. The first-order chi connectivity index (χ1) is 10.9. The summed E-state index contributed by atoms with van der Waals surface area (Å²) >= 11 is 5.83. The third-order valence-corrected chi connectivity index (χ3v) is 3.42. The molecule has 0 spiro atoms. The van der Waals surface area contributed by atoms with E-state index in [1.165, 1.54) is 12.1 Å². The van der Waals surface area contributed by atoms with Crippen LogP contribution in [0, 0.1) is 0 Å². The number of halogens is 4. The van der Waals surface area contributed by atoms with E-state index in [4.69, 9.17) is 16.4 Å². The van der Waals surface area contributed by atoms with Crippen molar-refractivity contribution in [3.63, 3.8) is 0 Å². The highest BCUT2D eigenvalue weighted by atomic mass is 35.5. The Morgan fingerprint density at radius 2 is 1.83 bits per heavy atom. The third-order valence-electron chi connectivity index (χ3n) is 3.18. The number of hydrogen-bond acceptors (Lipinski definition) is 2. The first kappa shape index (κ1) is 17.3. The lowest BCUT2D eigenvalue weighted by Gasteiger charge is -2.14. The quantitative estimate of drug-likeness (QED) is 0.505. The average molecular weight is 342 g/mol. The Hall–Kier alpha value is -2.01. The molecule has 2 aromatic rings. The predicted molar refractivity (Wildman–Crippen MR) is 84.5 cm³/mol. The normalized spacial score (nSPS) is 12.3. The summed E-state index contributed by atoms with van der Waals surface area (Å²) in [5, 5.41) is 4.10. The van der Waals surface area contributed by atoms with Crippen molar-refractivity contribution < 1.29 is 18.0 Å². The molecule has 0 aliphatic carbocycles. The van der Waals surface area contributed by atoms with Gasteiger partial charge in [-0.25, -0.2) is 0 Å². The van der Waals surface area contributed by atoms with Crippen LogP contribution in [0.3, 0.4) is 0 Å². The summed E-state index contributed by atoms with van der Waals surface area (Å²) in [7, 11) is 0. The van der Waals surface area contributed by atoms with E-state index >= 15 is 0 Å². The van der Waals surface area contributed by atoms with Gasteiger partial charge >= 0.3 is 6.18 Å².